The summed E-state index contributed by atoms with van der Waals surface area (Å²) in [5.74, 6) is -0.150. The van der Waals surface area contributed by atoms with Crippen molar-refractivity contribution < 1.29 is 14.3 Å². The first kappa shape index (κ1) is 17.6. The lowest BCUT2D eigenvalue weighted by Crippen LogP contribution is -2.47. The first-order valence-electron chi connectivity index (χ1n) is 7.78. The lowest BCUT2D eigenvalue weighted by atomic mass is 10.2. The molecular weight excluding hydrogens is 316 g/mol. The molecule has 1 aromatic rings. The molecule has 1 aliphatic rings. The van der Waals surface area contributed by atoms with Crippen LogP contribution < -0.4 is 5.32 Å². The highest BCUT2D eigenvalue weighted by atomic mass is 35.5. The van der Waals surface area contributed by atoms with E-state index in [9.17, 15) is 9.59 Å². The van der Waals surface area contributed by atoms with Crippen molar-refractivity contribution in [1.82, 2.24) is 10.2 Å². The summed E-state index contributed by atoms with van der Waals surface area (Å²) in [7, 11) is 0. The van der Waals surface area contributed by atoms with Gasteiger partial charge < -0.3 is 10.1 Å². The number of halogens is 1. The average Bonchev–Trinajstić information content (AvgIpc) is 2.94. The smallest absolute Gasteiger partial charge is 0.410 e. The highest BCUT2D eigenvalue weighted by Crippen LogP contribution is 2.21. The molecule has 0 radical (unpaired) electrons. The standard InChI is InChI=1S/C17H23ClN2O3/c1-17(2,3)23-16(22)20-10-4-5-14(20)15(21)19-11-12-6-8-13(18)9-7-12/h6-9,14H,4-5,10-11H2,1-3H3,(H,19,21)/t14-/m0/s1. The molecule has 126 valence electrons. The molecule has 1 atom stereocenters. The first-order valence-corrected chi connectivity index (χ1v) is 8.16. The summed E-state index contributed by atoms with van der Waals surface area (Å²) in [6.45, 7) is 6.41. The zero-order chi connectivity index (χ0) is 17.0. The molecule has 1 fully saturated rings. The molecule has 0 bridgehead atoms. The van der Waals surface area contributed by atoms with Crippen LogP contribution in [0.2, 0.25) is 5.02 Å². The Morgan fingerprint density at radius 2 is 1.96 bits per heavy atom. The number of nitrogens with one attached hydrogen (secondary N) is 1. The second-order valence-corrected chi connectivity index (χ2v) is 7.11. The molecule has 2 amide bonds. The highest BCUT2D eigenvalue weighted by molar-refractivity contribution is 6.30. The summed E-state index contributed by atoms with van der Waals surface area (Å²) in [5, 5.41) is 3.54. The topological polar surface area (TPSA) is 58.6 Å². The maximum Gasteiger partial charge on any atom is 0.410 e. The molecule has 1 N–H and O–H groups in total. The minimum atomic E-state index is -0.565. The zero-order valence-corrected chi connectivity index (χ0v) is 14.5. The van der Waals surface area contributed by atoms with Crippen LogP contribution in [0.15, 0.2) is 24.3 Å². The van der Waals surface area contributed by atoms with E-state index in [2.05, 4.69) is 5.32 Å². The van der Waals surface area contributed by atoms with Crippen molar-refractivity contribution >= 4 is 23.6 Å². The Balaban J connectivity index is 1.92. The Hall–Kier alpha value is -1.75. The van der Waals surface area contributed by atoms with Crippen LogP contribution in [0.3, 0.4) is 0 Å². The van der Waals surface area contributed by atoms with E-state index >= 15 is 0 Å². The van der Waals surface area contributed by atoms with Crippen molar-refractivity contribution in [2.45, 2.75) is 51.8 Å². The van der Waals surface area contributed by atoms with E-state index in [0.29, 0.717) is 24.5 Å². The van der Waals surface area contributed by atoms with Crippen molar-refractivity contribution in [1.29, 1.82) is 0 Å². The molecule has 0 aromatic heterocycles. The third kappa shape index (κ3) is 5.13. The molecule has 2 rings (SSSR count). The minimum absolute atomic E-state index is 0.150. The maximum atomic E-state index is 12.4. The Labute approximate surface area is 141 Å². The van der Waals surface area contributed by atoms with Crippen molar-refractivity contribution in [2.75, 3.05) is 6.54 Å². The van der Waals surface area contributed by atoms with E-state index < -0.39 is 17.7 Å². The second-order valence-electron chi connectivity index (χ2n) is 6.68. The van der Waals surface area contributed by atoms with Crippen molar-refractivity contribution in [3.05, 3.63) is 34.9 Å². The van der Waals surface area contributed by atoms with Gasteiger partial charge in [0.05, 0.1) is 0 Å². The van der Waals surface area contributed by atoms with Crippen LogP contribution in [-0.2, 0) is 16.1 Å². The highest BCUT2D eigenvalue weighted by Gasteiger charge is 2.36. The Morgan fingerprint density at radius 3 is 2.57 bits per heavy atom. The molecule has 0 spiro atoms. The van der Waals surface area contributed by atoms with Crippen LogP contribution >= 0.6 is 11.6 Å². The molecule has 0 unspecified atom stereocenters. The van der Waals surface area contributed by atoms with Gasteiger partial charge in [-0.2, -0.15) is 0 Å². The van der Waals surface area contributed by atoms with Gasteiger partial charge in [-0.25, -0.2) is 4.79 Å². The van der Waals surface area contributed by atoms with Crippen LogP contribution in [0.25, 0.3) is 0 Å². The van der Waals surface area contributed by atoms with Gasteiger partial charge in [-0.15, -0.1) is 0 Å². The van der Waals surface area contributed by atoms with Crippen molar-refractivity contribution in [3.63, 3.8) is 0 Å². The van der Waals surface area contributed by atoms with Gasteiger partial charge >= 0.3 is 6.09 Å². The molecule has 5 nitrogen and oxygen atoms in total. The quantitative estimate of drug-likeness (QED) is 0.919. The summed E-state index contributed by atoms with van der Waals surface area (Å²) < 4.78 is 5.37. The summed E-state index contributed by atoms with van der Waals surface area (Å²) in [6.07, 6.45) is 1.03. The van der Waals surface area contributed by atoms with E-state index in [1.54, 1.807) is 12.1 Å². The summed E-state index contributed by atoms with van der Waals surface area (Å²) in [5.41, 5.74) is 0.397. The van der Waals surface area contributed by atoms with Crippen LogP contribution in [0.5, 0.6) is 0 Å². The van der Waals surface area contributed by atoms with Gasteiger partial charge in [-0.1, -0.05) is 23.7 Å². The largest absolute Gasteiger partial charge is 0.444 e. The summed E-state index contributed by atoms with van der Waals surface area (Å²) >= 11 is 5.84. The third-order valence-corrected chi connectivity index (χ3v) is 3.82. The molecule has 1 saturated heterocycles. The monoisotopic (exact) mass is 338 g/mol. The van der Waals surface area contributed by atoms with E-state index in [1.165, 1.54) is 4.90 Å². The van der Waals surface area contributed by atoms with Gasteiger partial charge in [-0.3, -0.25) is 9.69 Å². The molecule has 1 aromatic carbocycles. The van der Waals surface area contributed by atoms with E-state index in [-0.39, 0.29) is 5.91 Å². The summed E-state index contributed by atoms with van der Waals surface area (Å²) in [4.78, 5) is 26.1. The third-order valence-electron chi connectivity index (χ3n) is 3.56. The molecular formula is C17H23ClN2O3. The van der Waals surface area contributed by atoms with Crippen LogP contribution in [0.1, 0.15) is 39.2 Å². The number of rotatable bonds is 3. The Bertz CT molecular complexity index is 566. The van der Waals surface area contributed by atoms with E-state index in [4.69, 9.17) is 16.3 Å². The SMILES string of the molecule is CC(C)(C)OC(=O)N1CCC[C@H]1C(=O)NCc1ccc(Cl)cc1. The molecule has 0 aliphatic carbocycles. The van der Waals surface area contributed by atoms with Gasteiger partial charge in [0.25, 0.3) is 0 Å². The molecule has 1 heterocycles. The second kappa shape index (κ2) is 7.21. The average molecular weight is 339 g/mol. The molecule has 1 aliphatic heterocycles. The number of hydrogen-bond donors (Lipinski definition) is 1. The zero-order valence-electron chi connectivity index (χ0n) is 13.8. The Morgan fingerprint density at radius 1 is 1.30 bits per heavy atom. The van der Waals surface area contributed by atoms with Gasteiger partial charge in [0.15, 0.2) is 0 Å². The lowest BCUT2D eigenvalue weighted by molar-refractivity contribution is -0.125. The minimum Gasteiger partial charge on any atom is -0.444 e. The number of likely N-dealkylation sites (tertiary alicyclic amines) is 1. The maximum absolute atomic E-state index is 12.4. The molecule has 23 heavy (non-hydrogen) atoms. The number of carbonyl (C=O) groups is 2. The van der Waals surface area contributed by atoms with E-state index in [0.717, 1.165) is 12.0 Å². The number of benzene rings is 1. The van der Waals surface area contributed by atoms with E-state index in [1.807, 2.05) is 32.9 Å². The first-order chi connectivity index (χ1) is 10.8. The Kier molecular flexibility index (Phi) is 5.52. The number of ether oxygens (including phenoxy) is 1. The lowest BCUT2D eigenvalue weighted by Gasteiger charge is -2.28. The molecule has 6 heteroatoms. The van der Waals surface area contributed by atoms with Gasteiger partial charge in [0, 0.05) is 18.1 Å². The van der Waals surface area contributed by atoms with Crippen LogP contribution in [-0.4, -0.2) is 35.1 Å². The van der Waals surface area contributed by atoms with Crippen LogP contribution in [0.4, 0.5) is 4.79 Å². The predicted molar refractivity (Wildman–Crippen MR) is 89.3 cm³/mol. The number of carbonyl (C=O) groups excluding carboxylic acids is 2. The van der Waals surface area contributed by atoms with Crippen molar-refractivity contribution in [2.24, 2.45) is 0 Å². The number of hydrogen-bond acceptors (Lipinski definition) is 3. The fourth-order valence-corrected chi connectivity index (χ4v) is 2.61. The fourth-order valence-electron chi connectivity index (χ4n) is 2.49. The summed E-state index contributed by atoms with van der Waals surface area (Å²) in [6, 6.07) is 6.83. The molecule has 0 saturated carbocycles. The van der Waals surface area contributed by atoms with Crippen molar-refractivity contribution in [3.8, 4) is 0 Å². The normalized spacial score (nSPS) is 17.9. The van der Waals surface area contributed by atoms with Gasteiger partial charge in [-0.05, 0) is 51.3 Å². The van der Waals surface area contributed by atoms with Gasteiger partial charge in [0.1, 0.15) is 11.6 Å². The van der Waals surface area contributed by atoms with Crippen LogP contribution in [0, 0.1) is 0 Å². The van der Waals surface area contributed by atoms with Gasteiger partial charge in [0.2, 0.25) is 5.91 Å². The predicted octanol–water partition coefficient (Wildman–Crippen LogP) is 3.36. The number of nitrogens with zero attached hydrogens (tertiary/aromatic N) is 1. The fraction of sp³-hybridized carbons (Fsp3) is 0.529. The number of amides is 2.